The Balaban J connectivity index is 3.63. The van der Waals surface area contributed by atoms with Crippen molar-refractivity contribution in [3.05, 3.63) is 0 Å². The summed E-state index contributed by atoms with van der Waals surface area (Å²) >= 11 is 8.76. The Morgan fingerprint density at radius 1 is 0.647 bits per heavy atom. The smallest absolute Gasteiger partial charge is 0.322 e. The standard InChI is InChI=1S/C29H56O2S3/c1-5-7-9-11-13-15-17-19-21-23-25-31-27(30)29(3,4)34-28(32)33-26-24-22-20-18-16-14-12-10-8-6-2/h5-26H2,1-4H3. The van der Waals surface area contributed by atoms with Gasteiger partial charge in [-0.2, -0.15) is 0 Å². The highest BCUT2D eigenvalue weighted by Crippen LogP contribution is 2.32. The van der Waals surface area contributed by atoms with Gasteiger partial charge in [0.1, 0.15) is 8.28 Å². The van der Waals surface area contributed by atoms with Crippen LogP contribution in [0.2, 0.25) is 0 Å². The SMILES string of the molecule is CCCCCCCCCCCCOC(=O)C(C)(C)SC(=S)SCCCCCCCCCCCC. The summed E-state index contributed by atoms with van der Waals surface area (Å²) in [4.78, 5) is 12.5. The maximum Gasteiger partial charge on any atom is 0.322 e. The molecule has 0 saturated carbocycles. The van der Waals surface area contributed by atoms with E-state index in [1.807, 2.05) is 13.8 Å². The van der Waals surface area contributed by atoms with Crippen molar-refractivity contribution in [1.82, 2.24) is 0 Å². The second kappa shape index (κ2) is 24.9. The quantitative estimate of drug-likeness (QED) is 0.0699. The van der Waals surface area contributed by atoms with Crippen molar-refractivity contribution in [2.75, 3.05) is 12.4 Å². The minimum atomic E-state index is -0.597. The van der Waals surface area contributed by atoms with Gasteiger partial charge in [0, 0.05) is 0 Å². The predicted molar refractivity (Wildman–Crippen MR) is 161 cm³/mol. The van der Waals surface area contributed by atoms with E-state index in [1.165, 1.54) is 127 Å². The van der Waals surface area contributed by atoms with E-state index in [9.17, 15) is 4.79 Å². The first-order valence-corrected chi connectivity index (χ1v) is 16.7. The number of carbonyl (C=O) groups is 1. The second-order valence-corrected chi connectivity index (χ2v) is 14.1. The number of hydrogen-bond acceptors (Lipinski definition) is 5. The minimum Gasteiger partial charge on any atom is -0.465 e. The summed E-state index contributed by atoms with van der Waals surface area (Å²) in [7, 11) is 0. The van der Waals surface area contributed by atoms with Crippen LogP contribution in [0, 0.1) is 0 Å². The van der Waals surface area contributed by atoms with Crippen molar-refractivity contribution in [3.8, 4) is 0 Å². The number of ether oxygens (including phenoxy) is 1. The van der Waals surface area contributed by atoms with Gasteiger partial charge in [0.2, 0.25) is 0 Å². The summed E-state index contributed by atoms with van der Waals surface area (Å²) in [6, 6.07) is 0. The maximum absolute atomic E-state index is 12.5. The number of esters is 1. The average Bonchev–Trinajstić information content (AvgIpc) is 2.80. The van der Waals surface area contributed by atoms with Crippen LogP contribution in [0.4, 0.5) is 0 Å². The Kier molecular flexibility index (Phi) is 25.1. The Hall–Kier alpha value is 0.260. The minimum absolute atomic E-state index is 0.129. The molecule has 34 heavy (non-hydrogen) atoms. The third-order valence-electron chi connectivity index (χ3n) is 6.28. The molecule has 0 aliphatic heterocycles. The molecule has 2 nitrogen and oxygen atoms in total. The molecule has 0 aliphatic carbocycles. The average molecular weight is 533 g/mol. The van der Waals surface area contributed by atoms with Gasteiger partial charge in [0.15, 0.2) is 0 Å². The lowest BCUT2D eigenvalue weighted by Gasteiger charge is -2.22. The van der Waals surface area contributed by atoms with Gasteiger partial charge in [-0.25, -0.2) is 0 Å². The fourth-order valence-corrected chi connectivity index (χ4v) is 7.01. The molecule has 0 heterocycles. The summed E-state index contributed by atoms with van der Waals surface area (Å²) in [5, 5.41) is 0. The fraction of sp³-hybridized carbons (Fsp3) is 0.931. The van der Waals surface area contributed by atoms with Crippen molar-refractivity contribution in [2.24, 2.45) is 0 Å². The molecule has 0 unspecified atom stereocenters. The lowest BCUT2D eigenvalue weighted by Crippen LogP contribution is -2.31. The molecular weight excluding hydrogens is 477 g/mol. The van der Waals surface area contributed by atoms with E-state index in [1.54, 1.807) is 11.8 Å². The topological polar surface area (TPSA) is 26.3 Å². The molecular formula is C29H56O2S3. The largest absolute Gasteiger partial charge is 0.465 e. The number of unbranched alkanes of at least 4 members (excludes halogenated alkanes) is 18. The fourth-order valence-electron chi connectivity index (χ4n) is 3.95. The van der Waals surface area contributed by atoms with Gasteiger partial charge in [-0.3, -0.25) is 4.79 Å². The van der Waals surface area contributed by atoms with Crippen LogP contribution in [0.25, 0.3) is 0 Å². The number of thioether (sulfide) groups is 2. The molecule has 202 valence electrons. The van der Waals surface area contributed by atoms with Crippen LogP contribution in [-0.4, -0.2) is 26.6 Å². The number of rotatable bonds is 24. The molecule has 0 aromatic carbocycles. The zero-order chi connectivity index (χ0) is 25.3. The van der Waals surface area contributed by atoms with E-state index in [0.29, 0.717) is 6.61 Å². The van der Waals surface area contributed by atoms with Crippen LogP contribution in [0.3, 0.4) is 0 Å². The van der Waals surface area contributed by atoms with Crippen molar-refractivity contribution in [1.29, 1.82) is 0 Å². The van der Waals surface area contributed by atoms with Gasteiger partial charge in [0.25, 0.3) is 0 Å². The van der Waals surface area contributed by atoms with Gasteiger partial charge < -0.3 is 4.74 Å². The first kappa shape index (κ1) is 34.3. The lowest BCUT2D eigenvalue weighted by atomic mass is 10.1. The van der Waals surface area contributed by atoms with Crippen LogP contribution in [0.5, 0.6) is 0 Å². The van der Waals surface area contributed by atoms with E-state index >= 15 is 0 Å². The summed E-state index contributed by atoms with van der Waals surface area (Å²) in [5.41, 5.74) is 0. The van der Waals surface area contributed by atoms with E-state index in [2.05, 4.69) is 13.8 Å². The van der Waals surface area contributed by atoms with E-state index in [0.717, 1.165) is 22.1 Å². The molecule has 0 bridgehead atoms. The highest BCUT2D eigenvalue weighted by atomic mass is 32.2. The zero-order valence-corrected chi connectivity index (χ0v) is 25.5. The molecule has 0 atom stereocenters. The normalized spacial score (nSPS) is 11.6. The molecule has 0 aliphatic rings. The van der Waals surface area contributed by atoms with E-state index in [-0.39, 0.29) is 5.97 Å². The molecule has 0 radical (unpaired) electrons. The van der Waals surface area contributed by atoms with Crippen LogP contribution >= 0.6 is 35.7 Å². The highest BCUT2D eigenvalue weighted by molar-refractivity contribution is 8.47. The van der Waals surface area contributed by atoms with Gasteiger partial charge in [-0.05, 0) is 32.4 Å². The van der Waals surface area contributed by atoms with Crippen molar-refractivity contribution >= 4 is 45.2 Å². The van der Waals surface area contributed by atoms with Crippen LogP contribution in [0.1, 0.15) is 156 Å². The Labute approximate surface area is 227 Å². The number of carbonyl (C=O) groups excluding carboxylic acids is 1. The highest BCUT2D eigenvalue weighted by Gasteiger charge is 2.31. The van der Waals surface area contributed by atoms with Crippen molar-refractivity contribution in [2.45, 2.75) is 161 Å². The molecule has 0 fully saturated rings. The third-order valence-corrected chi connectivity index (χ3v) is 9.06. The summed E-state index contributed by atoms with van der Waals surface area (Å²) in [5.74, 6) is 0.932. The zero-order valence-electron chi connectivity index (χ0n) is 23.1. The molecule has 0 spiro atoms. The molecule has 0 amide bonds. The van der Waals surface area contributed by atoms with Crippen molar-refractivity contribution < 1.29 is 9.53 Å². The Morgan fingerprint density at radius 3 is 1.47 bits per heavy atom. The van der Waals surface area contributed by atoms with Crippen LogP contribution < -0.4 is 0 Å². The molecule has 0 aromatic heterocycles. The monoisotopic (exact) mass is 532 g/mol. The van der Waals surface area contributed by atoms with Crippen molar-refractivity contribution in [3.63, 3.8) is 0 Å². The third kappa shape index (κ3) is 22.7. The molecule has 5 heteroatoms. The second-order valence-electron chi connectivity index (χ2n) is 10.2. The maximum atomic E-state index is 12.5. The van der Waals surface area contributed by atoms with E-state index in [4.69, 9.17) is 17.0 Å². The van der Waals surface area contributed by atoms with E-state index < -0.39 is 4.75 Å². The number of thiocarbonyl (C=S) groups is 1. The lowest BCUT2D eigenvalue weighted by molar-refractivity contribution is -0.145. The number of hydrogen-bond donors (Lipinski definition) is 0. The molecule has 0 aromatic rings. The Bertz CT molecular complexity index is 480. The van der Waals surface area contributed by atoms with Gasteiger partial charge >= 0.3 is 5.97 Å². The van der Waals surface area contributed by atoms with Crippen LogP contribution in [0.15, 0.2) is 0 Å². The Morgan fingerprint density at radius 2 is 1.03 bits per heavy atom. The summed E-state index contributed by atoms with van der Waals surface area (Å²) < 4.78 is 5.84. The predicted octanol–water partition coefficient (Wildman–Crippen LogP) is 10.9. The van der Waals surface area contributed by atoms with Crippen LogP contribution in [-0.2, 0) is 9.53 Å². The molecule has 0 rings (SSSR count). The van der Waals surface area contributed by atoms with Gasteiger partial charge in [-0.1, -0.05) is 153 Å². The summed E-state index contributed by atoms with van der Waals surface area (Å²) in [6.07, 6.45) is 26.4. The first-order valence-electron chi connectivity index (χ1n) is 14.5. The van der Waals surface area contributed by atoms with Gasteiger partial charge in [-0.15, -0.1) is 11.8 Å². The van der Waals surface area contributed by atoms with Gasteiger partial charge in [0.05, 0.1) is 6.61 Å². The molecule has 0 saturated heterocycles. The first-order chi connectivity index (χ1) is 16.4. The molecule has 0 N–H and O–H groups in total. The summed E-state index contributed by atoms with van der Waals surface area (Å²) in [6.45, 7) is 8.95.